The molecule has 0 amide bonds. The van der Waals surface area contributed by atoms with Crippen molar-refractivity contribution in [2.24, 2.45) is 0 Å². The van der Waals surface area contributed by atoms with Gasteiger partial charge in [-0.25, -0.2) is 4.79 Å². The molecule has 0 saturated heterocycles. The van der Waals surface area contributed by atoms with Crippen LogP contribution in [0, 0.1) is 0 Å². The van der Waals surface area contributed by atoms with Gasteiger partial charge in [-0.3, -0.25) is 0 Å². The van der Waals surface area contributed by atoms with Gasteiger partial charge >= 0.3 is 5.97 Å². The van der Waals surface area contributed by atoms with Crippen LogP contribution in [0.15, 0.2) is 66.7 Å². The van der Waals surface area contributed by atoms with Crippen molar-refractivity contribution >= 4 is 11.5 Å². The van der Waals surface area contributed by atoms with Crippen molar-refractivity contribution in [2.45, 2.75) is 26.2 Å². The van der Waals surface area contributed by atoms with Crippen LogP contribution in [-0.4, -0.2) is 12.6 Å². The van der Waals surface area contributed by atoms with E-state index in [4.69, 9.17) is 4.74 Å². The molecule has 0 atom stereocenters. The first-order valence-corrected chi connectivity index (χ1v) is 7.76. The molecule has 0 N–H and O–H groups in total. The molecule has 0 aliphatic rings. The molecule has 22 heavy (non-hydrogen) atoms. The van der Waals surface area contributed by atoms with E-state index in [1.165, 1.54) is 5.56 Å². The fraction of sp³-hybridized carbons (Fsp3) is 0.250. The second-order valence-electron chi connectivity index (χ2n) is 5.13. The summed E-state index contributed by atoms with van der Waals surface area (Å²) in [6, 6.07) is 20.4. The second kappa shape index (κ2) is 8.83. The average molecular weight is 294 g/mol. The van der Waals surface area contributed by atoms with E-state index in [1.807, 2.05) is 43.3 Å². The Labute approximate surface area is 132 Å². The molecule has 2 heteroatoms. The third kappa shape index (κ3) is 5.21. The highest BCUT2D eigenvalue weighted by atomic mass is 16.5. The molecule has 0 spiro atoms. The highest BCUT2D eigenvalue weighted by molar-refractivity contribution is 5.91. The standard InChI is InChI=1S/C20H22O2/c1-2-22-20(21)16-19(18-13-7-4-8-14-18)15-9-12-17-10-5-3-6-11-17/h3-8,10-11,13-14,16H,2,9,12,15H2,1H3/b19-16+. The Kier molecular flexibility index (Phi) is 6.43. The Hall–Kier alpha value is -2.35. The van der Waals surface area contributed by atoms with Gasteiger partial charge in [0.25, 0.3) is 0 Å². The van der Waals surface area contributed by atoms with Gasteiger partial charge in [-0.15, -0.1) is 0 Å². The van der Waals surface area contributed by atoms with Crippen LogP contribution in [0.25, 0.3) is 5.57 Å². The minimum absolute atomic E-state index is 0.263. The van der Waals surface area contributed by atoms with Gasteiger partial charge in [0, 0.05) is 6.08 Å². The Bertz CT molecular complexity index is 600. The first-order chi connectivity index (χ1) is 10.8. The van der Waals surface area contributed by atoms with E-state index in [0.29, 0.717) is 6.61 Å². The topological polar surface area (TPSA) is 26.3 Å². The van der Waals surface area contributed by atoms with Gasteiger partial charge in [0.1, 0.15) is 0 Å². The van der Waals surface area contributed by atoms with Crippen LogP contribution in [0.2, 0.25) is 0 Å². The molecule has 0 fully saturated rings. The summed E-state index contributed by atoms with van der Waals surface area (Å²) in [6.45, 7) is 2.23. The number of aryl methyl sites for hydroxylation is 1. The maximum atomic E-state index is 11.8. The van der Waals surface area contributed by atoms with Gasteiger partial charge in [-0.2, -0.15) is 0 Å². The van der Waals surface area contributed by atoms with Crippen LogP contribution in [0.4, 0.5) is 0 Å². The molecule has 0 bridgehead atoms. The third-order valence-electron chi connectivity index (χ3n) is 3.48. The van der Waals surface area contributed by atoms with E-state index in [1.54, 1.807) is 6.08 Å². The molecular weight excluding hydrogens is 272 g/mol. The molecule has 2 rings (SSSR count). The lowest BCUT2D eigenvalue weighted by atomic mass is 9.98. The molecule has 0 radical (unpaired) electrons. The van der Waals surface area contributed by atoms with Crippen molar-refractivity contribution in [3.05, 3.63) is 77.9 Å². The molecule has 0 aliphatic heterocycles. The van der Waals surface area contributed by atoms with Crippen LogP contribution >= 0.6 is 0 Å². The van der Waals surface area contributed by atoms with Gasteiger partial charge in [-0.1, -0.05) is 60.7 Å². The highest BCUT2D eigenvalue weighted by Crippen LogP contribution is 2.21. The lowest BCUT2D eigenvalue weighted by molar-refractivity contribution is -0.137. The number of allylic oxidation sites excluding steroid dienone is 1. The predicted octanol–water partition coefficient (Wildman–Crippen LogP) is 4.66. The zero-order valence-corrected chi connectivity index (χ0v) is 13.0. The zero-order valence-electron chi connectivity index (χ0n) is 13.0. The Morgan fingerprint density at radius 2 is 1.64 bits per heavy atom. The molecule has 2 aromatic carbocycles. The zero-order chi connectivity index (χ0) is 15.6. The summed E-state index contributed by atoms with van der Waals surface area (Å²) in [5.41, 5.74) is 3.45. The third-order valence-corrected chi connectivity index (χ3v) is 3.48. The van der Waals surface area contributed by atoms with Crippen LogP contribution in [0.5, 0.6) is 0 Å². The average Bonchev–Trinajstić information content (AvgIpc) is 2.56. The lowest BCUT2D eigenvalue weighted by Crippen LogP contribution is -2.01. The molecule has 0 unspecified atom stereocenters. The Morgan fingerprint density at radius 1 is 1.00 bits per heavy atom. The maximum Gasteiger partial charge on any atom is 0.331 e. The Balaban J connectivity index is 2.03. The van der Waals surface area contributed by atoms with E-state index in [2.05, 4.69) is 24.3 Å². The molecule has 114 valence electrons. The normalized spacial score (nSPS) is 11.2. The van der Waals surface area contributed by atoms with E-state index in [0.717, 1.165) is 30.4 Å². The summed E-state index contributed by atoms with van der Waals surface area (Å²) in [5, 5.41) is 0. The lowest BCUT2D eigenvalue weighted by Gasteiger charge is -2.08. The SMILES string of the molecule is CCOC(=O)/C=C(\CCCc1ccccc1)c1ccccc1. The molecular formula is C20H22O2. The highest BCUT2D eigenvalue weighted by Gasteiger charge is 2.06. The van der Waals surface area contributed by atoms with Crippen molar-refractivity contribution in [3.63, 3.8) is 0 Å². The van der Waals surface area contributed by atoms with Crippen molar-refractivity contribution < 1.29 is 9.53 Å². The fourth-order valence-corrected chi connectivity index (χ4v) is 2.41. The summed E-state index contributed by atoms with van der Waals surface area (Å²) < 4.78 is 5.04. The van der Waals surface area contributed by atoms with Crippen molar-refractivity contribution in [1.82, 2.24) is 0 Å². The minimum atomic E-state index is -0.263. The van der Waals surface area contributed by atoms with Crippen LogP contribution in [0.3, 0.4) is 0 Å². The largest absolute Gasteiger partial charge is 0.463 e. The summed E-state index contributed by atoms with van der Waals surface area (Å²) in [6.07, 6.45) is 4.50. The second-order valence-corrected chi connectivity index (χ2v) is 5.13. The summed E-state index contributed by atoms with van der Waals surface area (Å²) in [5.74, 6) is -0.263. The smallest absolute Gasteiger partial charge is 0.331 e. The summed E-state index contributed by atoms with van der Waals surface area (Å²) in [4.78, 5) is 11.8. The van der Waals surface area contributed by atoms with Gasteiger partial charge in [0.05, 0.1) is 6.61 Å². The number of hydrogen-bond donors (Lipinski definition) is 0. The number of carbonyl (C=O) groups is 1. The number of hydrogen-bond acceptors (Lipinski definition) is 2. The Morgan fingerprint density at radius 3 is 2.27 bits per heavy atom. The quantitative estimate of drug-likeness (QED) is 0.548. The van der Waals surface area contributed by atoms with E-state index in [-0.39, 0.29) is 5.97 Å². The number of rotatable bonds is 7. The molecule has 0 aromatic heterocycles. The monoisotopic (exact) mass is 294 g/mol. The predicted molar refractivity (Wildman–Crippen MR) is 90.4 cm³/mol. The van der Waals surface area contributed by atoms with Crippen molar-refractivity contribution in [2.75, 3.05) is 6.61 Å². The van der Waals surface area contributed by atoms with E-state index in [9.17, 15) is 4.79 Å². The minimum Gasteiger partial charge on any atom is -0.463 e. The fourth-order valence-electron chi connectivity index (χ4n) is 2.41. The number of esters is 1. The molecule has 0 heterocycles. The number of benzene rings is 2. The maximum absolute atomic E-state index is 11.8. The van der Waals surface area contributed by atoms with E-state index >= 15 is 0 Å². The van der Waals surface area contributed by atoms with Gasteiger partial charge in [0.2, 0.25) is 0 Å². The van der Waals surface area contributed by atoms with Crippen molar-refractivity contribution in [1.29, 1.82) is 0 Å². The van der Waals surface area contributed by atoms with E-state index < -0.39 is 0 Å². The van der Waals surface area contributed by atoms with Gasteiger partial charge < -0.3 is 4.74 Å². The number of carbonyl (C=O) groups excluding carboxylic acids is 1. The number of ether oxygens (including phenoxy) is 1. The summed E-state index contributed by atoms with van der Waals surface area (Å²) in [7, 11) is 0. The first-order valence-electron chi connectivity index (χ1n) is 7.76. The van der Waals surface area contributed by atoms with Crippen LogP contribution < -0.4 is 0 Å². The molecule has 0 aliphatic carbocycles. The summed E-state index contributed by atoms with van der Waals surface area (Å²) >= 11 is 0. The van der Waals surface area contributed by atoms with Crippen LogP contribution in [-0.2, 0) is 16.0 Å². The molecule has 2 aromatic rings. The molecule has 2 nitrogen and oxygen atoms in total. The van der Waals surface area contributed by atoms with Gasteiger partial charge in [0.15, 0.2) is 0 Å². The van der Waals surface area contributed by atoms with Crippen molar-refractivity contribution in [3.8, 4) is 0 Å². The molecule has 0 saturated carbocycles. The van der Waals surface area contributed by atoms with Crippen LogP contribution in [0.1, 0.15) is 30.9 Å². The van der Waals surface area contributed by atoms with Gasteiger partial charge in [-0.05, 0) is 42.9 Å². The first kappa shape index (κ1) is 16.0.